The Bertz CT molecular complexity index is 1440. The van der Waals surface area contributed by atoms with Crippen LogP contribution in [-0.4, -0.2) is 37.9 Å². The molecule has 4 rings (SSSR count). The van der Waals surface area contributed by atoms with E-state index in [1.165, 1.54) is 22.9 Å². The van der Waals surface area contributed by atoms with Gasteiger partial charge in [0.15, 0.2) is 0 Å². The highest BCUT2D eigenvalue weighted by molar-refractivity contribution is 5.95. The van der Waals surface area contributed by atoms with Crippen LogP contribution in [0.25, 0.3) is 21.9 Å². The lowest BCUT2D eigenvalue weighted by Crippen LogP contribution is -2.26. The first kappa shape index (κ1) is 23.2. The molecule has 34 heavy (non-hydrogen) atoms. The second-order valence-corrected chi connectivity index (χ2v) is 8.78. The third-order valence-electron chi connectivity index (χ3n) is 5.13. The number of carbonyl (C=O) groups excluding carboxylic acids is 1. The third-order valence-corrected chi connectivity index (χ3v) is 5.13. The number of nitriles is 1. The van der Waals surface area contributed by atoms with Crippen LogP contribution in [0, 0.1) is 18.3 Å². The van der Waals surface area contributed by atoms with Crippen LogP contribution in [0.2, 0.25) is 0 Å². The summed E-state index contributed by atoms with van der Waals surface area (Å²) in [5.74, 6) is -0.174. The number of carbonyl (C=O) groups is 1. The van der Waals surface area contributed by atoms with Gasteiger partial charge in [-0.1, -0.05) is 0 Å². The predicted octanol–water partition coefficient (Wildman–Crippen LogP) is 5.16. The number of nitrogens with zero attached hydrogens (tertiary/aromatic N) is 3. The normalized spacial score (nSPS) is 12.8. The molecule has 0 radical (unpaired) electrons. The van der Waals surface area contributed by atoms with Gasteiger partial charge in [-0.15, -0.1) is 0 Å². The molecule has 0 aliphatic carbocycles. The number of alkyl halides is 2. The van der Waals surface area contributed by atoms with Gasteiger partial charge in [0.05, 0.1) is 28.2 Å². The zero-order valence-corrected chi connectivity index (χ0v) is 18.9. The Morgan fingerprint density at radius 2 is 2.00 bits per heavy atom. The summed E-state index contributed by atoms with van der Waals surface area (Å²) < 4.78 is 37.9. The number of benzene rings is 2. The molecule has 2 aromatic heterocycles. The van der Waals surface area contributed by atoms with E-state index in [-0.39, 0.29) is 17.1 Å². The van der Waals surface area contributed by atoms with E-state index in [9.17, 15) is 18.7 Å². The maximum absolute atomic E-state index is 13.2. The second-order valence-electron chi connectivity index (χ2n) is 8.78. The molecule has 2 heterocycles. The fraction of sp³-hybridized carbons (Fsp3) is 0.292. The highest BCUT2D eigenvalue weighted by atomic mass is 19.3. The van der Waals surface area contributed by atoms with Crippen molar-refractivity contribution in [2.75, 3.05) is 0 Å². The van der Waals surface area contributed by atoms with Gasteiger partial charge in [-0.25, -0.2) is 9.78 Å². The molecule has 0 aliphatic rings. The molecule has 0 saturated heterocycles. The van der Waals surface area contributed by atoms with Crippen LogP contribution in [0.4, 0.5) is 13.6 Å². The van der Waals surface area contributed by atoms with Crippen molar-refractivity contribution < 1.29 is 28.2 Å². The Morgan fingerprint density at radius 3 is 2.65 bits per heavy atom. The van der Waals surface area contributed by atoms with Crippen molar-refractivity contribution in [1.82, 2.24) is 14.5 Å². The molecule has 0 amide bonds. The molecule has 4 aromatic rings. The highest BCUT2D eigenvalue weighted by Crippen LogP contribution is 2.39. The summed E-state index contributed by atoms with van der Waals surface area (Å²) in [4.78, 5) is 20.0. The van der Waals surface area contributed by atoms with Gasteiger partial charge < -0.3 is 19.6 Å². The van der Waals surface area contributed by atoms with Crippen molar-refractivity contribution in [3.8, 4) is 11.8 Å². The van der Waals surface area contributed by atoms with Crippen LogP contribution >= 0.6 is 0 Å². The molecule has 1 atom stereocenters. The molecule has 0 aliphatic heterocycles. The number of halogens is 2. The van der Waals surface area contributed by atoms with E-state index >= 15 is 0 Å². The van der Waals surface area contributed by atoms with E-state index < -0.39 is 24.4 Å². The lowest BCUT2D eigenvalue weighted by Gasteiger charge is -2.21. The minimum atomic E-state index is -3.13. The van der Waals surface area contributed by atoms with Crippen molar-refractivity contribution in [3.63, 3.8) is 0 Å². The number of aliphatic hydroxyl groups is 1. The molecule has 1 unspecified atom stereocenters. The summed E-state index contributed by atoms with van der Waals surface area (Å²) in [5, 5.41) is 20.7. The first-order valence-corrected chi connectivity index (χ1v) is 10.4. The van der Waals surface area contributed by atoms with Gasteiger partial charge >= 0.3 is 12.7 Å². The fourth-order valence-corrected chi connectivity index (χ4v) is 3.83. The fourth-order valence-electron chi connectivity index (χ4n) is 3.83. The van der Waals surface area contributed by atoms with Crippen LogP contribution in [0.3, 0.4) is 0 Å². The lowest BCUT2D eigenvalue weighted by molar-refractivity contribution is -0.0512. The smallest absolute Gasteiger partial charge is 0.419 e. The van der Waals surface area contributed by atoms with Gasteiger partial charge in [-0.3, -0.25) is 4.57 Å². The molecule has 176 valence electrons. The average Bonchev–Trinajstić information content (AvgIpc) is 3.36. The largest absolute Gasteiger partial charge is 0.443 e. The topological polar surface area (TPSA) is 113 Å². The Morgan fingerprint density at radius 1 is 1.26 bits per heavy atom. The zero-order chi connectivity index (χ0) is 24.8. The molecular weight excluding hydrogens is 446 g/mol. The Balaban J connectivity index is 1.90. The molecule has 8 nitrogen and oxygen atoms in total. The Labute approximate surface area is 193 Å². The first-order chi connectivity index (χ1) is 16.0. The maximum atomic E-state index is 13.2. The number of nitrogens with one attached hydrogen (secondary N) is 1. The standard InChI is InChI=1S/C24H22F2N4O4/c1-12-9-17(33-22(25)26)18(14-7-8-30(19(12)14)23(32)34-24(2,3)4)20(31)21-28-15-6-5-13(11-27)10-16(15)29-21/h5-10,20,22,31H,1-4H3,(H,28,29). The number of hydrogen-bond donors (Lipinski definition) is 2. The van der Waals surface area contributed by atoms with E-state index in [0.717, 1.165) is 0 Å². The summed E-state index contributed by atoms with van der Waals surface area (Å²) >= 11 is 0. The number of H-pyrrole nitrogens is 1. The third kappa shape index (κ3) is 4.30. The van der Waals surface area contributed by atoms with Crippen LogP contribution < -0.4 is 4.74 Å². The van der Waals surface area contributed by atoms with Gasteiger partial charge in [0.2, 0.25) is 0 Å². The van der Waals surface area contributed by atoms with E-state index in [0.29, 0.717) is 33.1 Å². The minimum Gasteiger partial charge on any atom is -0.443 e. The van der Waals surface area contributed by atoms with Gasteiger partial charge in [-0.2, -0.15) is 14.0 Å². The number of fused-ring (bicyclic) bond motifs is 2. The number of aromatic nitrogens is 3. The maximum Gasteiger partial charge on any atom is 0.419 e. The van der Waals surface area contributed by atoms with Crippen LogP contribution in [0.15, 0.2) is 36.5 Å². The molecule has 2 N–H and O–H groups in total. The van der Waals surface area contributed by atoms with E-state index in [2.05, 4.69) is 9.97 Å². The summed E-state index contributed by atoms with van der Waals surface area (Å²) in [6.07, 6.45) is -0.697. The number of rotatable bonds is 4. The zero-order valence-electron chi connectivity index (χ0n) is 18.9. The first-order valence-electron chi connectivity index (χ1n) is 10.4. The number of aliphatic hydroxyl groups excluding tert-OH is 1. The number of aryl methyl sites for hydroxylation is 1. The minimum absolute atomic E-state index is 0.0165. The second kappa shape index (κ2) is 8.43. The quantitative estimate of drug-likeness (QED) is 0.428. The van der Waals surface area contributed by atoms with E-state index in [4.69, 9.17) is 14.7 Å². The molecule has 0 spiro atoms. The van der Waals surface area contributed by atoms with Crippen LogP contribution in [0.1, 0.15) is 49.4 Å². The summed E-state index contributed by atoms with van der Waals surface area (Å²) in [7, 11) is 0. The Kier molecular flexibility index (Phi) is 5.75. The van der Waals surface area contributed by atoms with Gasteiger partial charge in [0.1, 0.15) is 23.3 Å². The summed E-state index contributed by atoms with van der Waals surface area (Å²) in [6.45, 7) is 3.69. The van der Waals surface area contributed by atoms with Crippen LogP contribution in [-0.2, 0) is 4.74 Å². The van der Waals surface area contributed by atoms with Gasteiger partial charge in [0, 0.05) is 17.1 Å². The van der Waals surface area contributed by atoms with Gasteiger partial charge in [0.25, 0.3) is 0 Å². The number of hydrogen-bond acceptors (Lipinski definition) is 6. The predicted molar refractivity (Wildman–Crippen MR) is 120 cm³/mol. The number of aromatic amines is 1. The molecule has 2 aromatic carbocycles. The molecule has 0 bridgehead atoms. The highest BCUT2D eigenvalue weighted by Gasteiger charge is 2.28. The van der Waals surface area contributed by atoms with Crippen molar-refractivity contribution in [3.05, 3.63) is 59.0 Å². The Hall–Kier alpha value is -3.97. The van der Waals surface area contributed by atoms with Crippen LogP contribution in [0.5, 0.6) is 5.75 Å². The SMILES string of the molecule is Cc1cc(OC(F)F)c(C(O)c2nc3ccc(C#N)cc3[nH]2)c2ccn(C(=O)OC(C)(C)C)c12. The van der Waals surface area contributed by atoms with Crippen molar-refractivity contribution >= 4 is 28.0 Å². The lowest BCUT2D eigenvalue weighted by atomic mass is 10.00. The molecule has 0 saturated carbocycles. The molecule has 0 fully saturated rings. The van der Waals surface area contributed by atoms with Crippen molar-refractivity contribution in [2.45, 2.75) is 46.0 Å². The molecule has 10 heteroatoms. The van der Waals surface area contributed by atoms with E-state index in [1.807, 2.05) is 6.07 Å². The summed E-state index contributed by atoms with van der Waals surface area (Å²) in [5.41, 5.74) is 1.50. The average molecular weight is 468 g/mol. The van der Waals surface area contributed by atoms with Gasteiger partial charge in [-0.05, 0) is 63.6 Å². The number of ether oxygens (including phenoxy) is 2. The number of imidazole rings is 1. The van der Waals surface area contributed by atoms with E-state index in [1.54, 1.807) is 45.9 Å². The van der Waals surface area contributed by atoms with Crippen molar-refractivity contribution in [2.24, 2.45) is 0 Å². The molecular formula is C24H22F2N4O4. The monoisotopic (exact) mass is 468 g/mol. The van der Waals surface area contributed by atoms with Crippen molar-refractivity contribution in [1.29, 1.82) is 5.26 Å². The summed E-state index contributed by atoms with van der Waals surface area (Å²) in [6, 6.07) is 9.64.